The lowest BCUT2D eigenvalue weighted by Gasteiger charge is -2.14. The topological polar surface area (TPSA) is 80.7 Å². The van der Waals surface area contributed by atoms with Crippen molar-refractivity contribution in [2.24, 2.45) is 5.16 Å². The van der Waals surface area contributed by atoms with Gasteiger partial charge in [-0.2, -0.15) is 4.98 Å². The van der Waals surface area contributed by atoms with Gasteiger partial charge in [0.25, 0.3) is 5.90 Å². The maximum atomic E-state index is 6.24. The molecule has 0 saturated carbocycles. The second-order valence-corrected chi connectivity index (χ2v) is 8.59. The van der Waals surface area contributed by atoms with Gasteiger partial charge >= 0.3 is 0 Å². The second kappa shape index (κ2) is 9.42. The summed E-state index contributed by atoms with van der Waals surface area (Å²) in [5, 5.41) is 14.3. The molecule has 0 atom stereocenters. The van der Waals surface area contributed by atoms with E-state index in [1.807, 2.05) is 48.5 Å². The molecule has 0 unspecified atom stereocenters. The molecule has 0 amide bonds. The Labute approximate surface area is 194 Å². The monoisotopic (exact) mass is 465 g/mol. The lowest BCUT2D eigenvalue weighted by Crippen LogP contribution is -2.17. The number of aromatic nitrogens is 2. The average Bonchev–Trinajstić information content (AvgIpc) is 3.36. The van der Waals surface area contributed by atoms with E-state index in [9.17, 15) is 0 Å². The van der Waals surface area contributed by atoms with Crippen molar-refractivity contribution < 1.29 is 9.57 Å². The smallest absolute Gasteiger partial charge is 0.257 e. The third-order valence-corrected chi connectivity index (χ3v) is 5.99. The first-order chi connectivity index (χ1) is 15.7. The molecule has 32 heavy (non-hydrogen) atoms. The van der Waals surface area contributed by atoms with Crippen LogP contribution in [0.3, 0.4) is 0 Å². The Kier molecular flexibility index (Phi) is 6.04. The molecule has 5 rings (SSSR count). The standard InChI is InChI=1S/C23H20ClN5O2S/c24-17-7-8-20-19(12-17)21(28-23(27-20)26-14-18-2-1-11-32-18)25-13-15-3-5-16(6-4-15)22-29-31-10-9-30-22/h1-8,11-12H,9-10,13-14H2,(H2,25,26,27,28). The number of hydrogen-bond donors (Lipinski definition) is 2. The summed E-state index contributed by atoms with van der Waals surface area (Å²) in [6.45, 7) is 2.25. The predicted octanol–water partition coefficient (Wildman–Crippen LogP) is 5.28. The van der Waals surface area contributed by atoms with Crippen LogP contribution in [-0.2, 0) is 22.7 Å². The van der Waals surface area contributed by atoms with Gasteiger partial charge in [0.1, 0.15) is 12.4 Å². The number of oxime groups is 1. The van der Waals surface area contributed by atoms with Gasteiger partial charge in [-0.3, -0.25) is 0 Å². The van der Waals surface area contributed by atoms with Crippen LogP contribution in [0.2, 0.25) is 5.02 Å². The van der Waals surface area contributed by atoms with Crippen LogP contribution in [-0.4, -0.2) is 29.1 Å². The molecule has 0 fully saturated rings. The molecule has 1 aliphatic rings. The van der Waals surface area contributed by atoms with Crippen molar-refractivity contribution in [3.05, 3.63) is 81.0 Å². The number of ether oxygens (including phenoxy) is 1. The van der Waals surface area contributed by atoms with Crippen LogP contribution in [0.4, 0.5) is 11.8 Å². The summed E-state index contributed by atoms with van der Waals surface area (Å²) in [6.07, 6.45) is 0. The summed E-state index contributed by atoms with van der Waals surface area (Å²) in [5.74, 6) is 1.80. The predicted molar refractivity (Wildman–Crippen MR) is 128 cm³/mol. The fourth-order valence-corrected chi connectivity index (χ4v) is 4.10. The van der Waals surface area contributed by atoms with Gasteiger partial charge in [-0.1, -0.05) is 29.8 Å². The van der Waals surface area contributed by atoms with Gasteiger partial charge in [0.05, 0.1) is 12.1 Å². The first-order valence-electron chi connectivity index (χ1n) is 10.1. The molecule has 2 N–H and O–H groups in total. The number of fused-ring (bicyclic) bond motifs is 1. The summed E-state index contributed by atoms with van der Waals surface area (Å²) in [4.78, 5) is 15.7. The maximum absolute atomic E-state index is 6.24. The van der Waals surface area contributed by atoms with Crippen molar-refractivity contribution in [3.8, 4) is 0 Å². The summed E-state index contributed by atoms with van der Waals surface area (Å²) in [5.41, 5.74) is 2.80. The maximum Gasteiger partial charge on any atom is 0.257 e. The van der Waals surface area contributed by atoms with E-state index >= 15 is 0 Å². The van der Waals surface area contributed by atoms with Crippen molar-refractivity contribution in [2.45, 2.75) is 13.1 Å². The van der Waals surface area contributed by atoms with E-state index in [0.29, 0.717) is 43.2 Å². The molecule has 3 heterocycles. The van der Waals surface area contributed by atoms with E-state index in [4.69, 9.17) is 26.2 Å². The number of nitrogens with zero attached hydrogens (tertiary/aromatic N) is 3. The molecule has 2 aromatic carbocycles. The van der Waals surface area contributed by atoms with Gasteiger partial charge in [-0.05, 0) is 52.5 Å². The molecular weight excluding hydrogens is 446 g/mol. The SMILES string of the molecule is Clc1ccc2nc(NCc3cccs3)nc(NCc3ccc(C4=NOCCO4)cc3)c2c1. The molecule has 4 aromatic rings. The number of thiophene rings is 1. The van der Waals surface area contributed by atoms with Gasteiger partial charge in [0.15, 0.2) is 6.61 Å². The van der Waals surface area contributed by atoms with Crippen LogP contribution in [0.1, 0.15) is 16.0 Å². The fourth-order valence-electron chi connectivity index (χ4n) is 3.29. The lowest BCUT2D eigenvalue weighted by atomic mass is 10.1. The highest BCUT2D eigenvalue weighted by atomic mass is 35.5. The summed E-state index contributed by atoms with van der Waals surface area (Å²) >= 11 is 7.93. The number of hydrogen-bond acceptors (Lipinski definition) is 8. The van der Waals surface area contributed by atoms with Gasteiger partial charge < -0.3 is 20.2 Å². The molecule has 162 valence electrons. The zero-order valence-electron chi connectivity index (χ0n) is 17.0. The normalized spacial score (nSPS) is 13.2. The fraction of sp³-hybridized carbons (Fsp3) is 0.174. The summed E-state index contributed by atoms with van der Waals surface area (Å²) < 4.78 is 5.53. The van der Waals surface area contributed by atoms with Crippen LogP contribution in [0.25, 0.3) is 10.9 Å². The average molecular weight is 466 g/mol. The molecule has 9 heteroatoms. The van der Waals surface area contributed by atoms with E-state index in [1.165, 1.54) is 4.88 Å². The number of benzene rings is 2. The van der Waals surface area contributed by atoms with Crippen LogP contribution in [0.15, 0.2) is 65.1 Å². The zero-order chi connectivity index (χ0) is 21.8. The van der Waals surface area contributed by atoms with E-state index in [1.54, 1.807) is 11.3 Å². The number of rotatable bonds is 7. The van der Waals surface area contributed by atoms with E-state index in [-0.39, 0.29) is 0 Å². The lowest BCUT2D eigenvalue weighted by molar-refractivity contribution is 0.0655. The molecule has 0 radical (unpaired) electrons. The van der Waals surface area contributed by atoms with Crippen molar-refractivity contribution in [3.63, 3.8) is 0 Å². The Morgan fingerprint density at radius 1 is 0.969 bits per heavy atom. The molecule has 0 saturated heterocycles. The highest BCUT2D eigenvalue weighted by Gasteiger charge is 2.12. The number of nitrogens with one attached hydrogen (secondary N) is 2. The minimum atomic E-state index is 0.479. The molecular formula is C23H20ClN5O2S. The van der Waals surface area contributed by atoms with Crippen molar-refractivity contribution in [1.29, 1.82) is 0 Å². The van der Waals surface area contributed by atoms with E-state index in [0.717, 1.165) is 27.8 Å². The zero-order valence-corrected chi connectivity index (χ0v) is 18.6. The summed E-state index contributed by atoms with van der Waals surface area (Å²) in [7, 11) is 0. The minimum Gasteiger partial charge on any atom is -0.471 e. The van der Waals surface area contributed by atoms with Gasteiger partial charge in [0.2, 0.25) is 5.95 Å². The minimum absolute atomic E-state index is 0.479. The third kappa shape index (κ3) is 4.76. The van der Waals surface area contributed by atoms with Gasteiger partial charge in [0, 0.05) is 27.4 Å². The first-order valence-corrected chi connectivity index (χ1v) is 11.4. The van der Waals surface area contributed by atoms with E-state index in [2.05, 4.69) is 32.2 Å². The van der Waals surface area contributed by atoms with Crippen molar-refractivity contribution in [1.82, 2.24) is 9.97 Å². The van der Waals surface area contributed by atoms with Crippen LogP contribution >= 0.6 is 22.9 Å². The van der Waals surface area contributed by atoms with Crippen molar-refractivity contribution in [2.75, 3.05) is 23.8 Å². The van der Waals surface area contributed by atoms with E-state index < -0.39 is 0 Å². The Hall–Kier alpha value is -3.36. The van der Waals surface area contributed by atoms with Gasteiger partial charge in [-0.15, -0.1) is 11.3 Å². The quantitative estimate of drug-likeness (QED) is 0.386. The van der Waals surface area contributed by atoms with Crippen LogP contribution in [0, 0.1) is 0 Å². The largest absolute Gasteiger partial charge is 0.471 e. The second-order valence-electron chi connectivity index (χ2n) is 7.12. The Bertz CT molecular complexity index is 1250. The van der Waals surface area contributed by atoms with Crippen LogP contribution < -0.4 is 10.6 Å². The number of anilines is 2. The molecule has 1 aliphatic heterocycles. The third-order valence-electron chi connectivity index (χ3n) is 4.88. The number of halogens is 1. The first kappa shape index (κ1) is 20.5. The Morgan fingerprint density at radius 2 is 1.88 bits per heavy atom. The summed E-state index contributed by atoms with van der Waals surface area (Å²) in [6, 6.07) is 17.7. The van der Waals surface area contributed by atoms with Crippen molar-refractivity contribution >= 4 is 51.5 Å². The van der Waals surface area contributed by atoms with Crippen LogP contribution in [0.5, 0.6) is 0 Å². The molecule has 0 aliphatic carbocycles. The Morgan fingerprint density at radius 3 is 2.66 bits per heavy atom. The molecule has 2 aromatic heterocycles. The highest BCUT2D eigenvalue weighted by molar-refractivity contribution is 7.09. The molecule has 7 nitrogen and oxygen atoms in total. The molecule has 0 spiro atoms. The Balaban J connectivity index is 1.35. The highest BCUT2D eigenvalue weighted by Crippen LogP contribution is 2.26. The van der Waals surface area contributed by atoms with Gasteiger partial charge in [-0.25, -0.2) is 4.98 Å². The molecule has 0 bridgehead atoms.